The summed E-state index contributed by atoms with van der Waals surface area (Å²) in [6.07, 6.45) is -2.52. The molecule has 0 spiro atoms. The number of nitro groups is 1. The number of hydrogen-bond donors (Lipinski definition) is 8. The minimum atomic E-state index is -1.80. The summed E-state index contributed by atoms with van der Waals surface area (Å²) in [6.45, 7) is 3.85. The van der Waals surface area contributed by atoms with Crippen molar-refractivity contribution in [2.75, 3.05) is 11.9 Å². The van der Waals surface area contributed by atoms with Crippen molar-refractivity contribution < 1.29 is 54.1 Å². The molecule has 8 N–H and O–H groups in total. The molecule has 4 unspecified atom stereocenters. The van der Waals surface area contributed by atoms with Crippen LogP contribution in [0.4, 0.5) is 11.4 Å². The standard InChI is InChI=1S/C23H31N5O12/c1-10(2)6-14(21(35)26-15(8-17(30)31)22(36)27-19(11(3)29)23(37)38)25-20(34)12-4-5-13(24-9-18(32)33)16(7-12)28(39)40/h4-5,7,10-11,14-15,19,24,29H,6,8-9H2,1-3H3,(H,25,34)(H,26,35)(H,27,36)(H,30,31)(H,32,33)(H,37,38). The van der Waals surface area contributed by atoms with Crippen LogP contribution in [0.2, 0.25) is 0 Å². The molecule has 3 amide bonds. The Morgan fingerprint density at radius 2 is 1.50 bits per heavy atom. The predicted molar refractivity (Wildman–Crippen MR) is 135 cm³/mol. The molecular formula is C23H31N5O12. The van der Waals surface area contributed by atoms with E-state index in [9.17, 15) is 49.1 Å². The molecule has 220 valence electrons. The Morgan fingerprint density at radius 3 is 1.98 bits per heavy atom. The number of nitro benzene ring substituents is 1. The Labute approximate surface area is 227 Å². The van der Waals surface area contributed by atoms with Crippen molar-refractivity contribution in [2.24, 2.45) is 5.92 Å². The van der Waals surface area contributed by atoms with E-state index in [2.05, 4.69) is 16.0 Å². The number of anilines is 1. The minimum Gasteiger partial charge on any atom is -0.481 e. The molecule has 0 heterocycles. The van der Waals surface area contributed by atoms with Gasteiger partial charge in [0.25, 0.3) is 11.6 Å². The summed E-state index contributed by atoms with van der Waals surface area (Å²) in [7, 11) is 0. The third-order valence-electron chi connectivity index (χ3n) is 5.27. The predicted octanol–water partition coefficient (Wildman–Crippen LogP) is -0.854. The summed E-state index contributed by atoms with van der Waals surface area (Å²) in [5.74, 6) is -7.76. The zero-order chi connectivity index (χ0) is 30.7. The molecule has 0 aliphatic rings. The molecule has 1 aromatic rings. The fraction of sp³-hybridized carbons (Fsp3) is 0.478. The van der Waals surface area contributed by atoms with Crippen molar-refractivity contribution in [2.45, 2.75) is 57.8 Å². The SMILES string of the molecule is CC(C)CC(NC(=O)c1ccc(NCC(=O)O)c([N+](=O)[O-])c1)C(=O)NC(CC(=O)O)C(=O)NC(C(=O)O)C(C)O. The Morgan fingerprint density at radius 1 is 0.900 bits per heavy atom. The quantitative estimate of drug-likeness (QED) is 0.0890. The van der Waals surface area contributed by atoms with Gasteiger partial charge >= 0.3 is 17.9 Å². The van der Waals surface area contributed by atoms with Crippen molar-refractivity contribution in [3.05, 3.63) is 33.9 Å². The van der Waals surface area contributed by atoms with Gasteiger partial charge in [-0.05, 0) is 31.4 Å². The number of aliphatic hydroxyl groups excluding tert-OH is 1. The van der Waals surface area contributed by atoms with Gasteiger partial charge in [-0.1, -0.05) is 13.8 Å². The maximum atomic E-state index is 13.0. The second kappa shape index (κ2) is 15.0. The first-order valence-electron chi connectivity index (χ1n) is 11.8. The van der Waals surface area contributed by atoms with Gasteiger partial charge in [-0.2, -0.15) is 0 Å². The molecule has 0 saturated carbocycles. The summed E-state index contributed by atoms with van der Waals surface area (Å²) in [6, 6.07) is -1.80. The van der Waals surface area contributed by atoms with Crippen LogP contribution in [0.3, 0.4) is 0 Å². The second-order valence-corrected chi connectivity index (χ2v) is 9.12. The molecule has 0 aliphatic heterocycles. The Balaban J connectivity index is 3.19. The van der Waals surface area contributed by atoms with E-state index in [1.54, 1.807) is 13.8 Å². The van der Waals surface area contributed by atoms with Gasteiger partial charge in [0.15, 0.2) is 6.04 Å². The number of nitrogens with zero attached hydrogens (tertiary/aromatic N) is 1. The van der Waals surface area contributed by atoms with Crippen molar-refractivity contribution in [3.63, 3.8) is 0 Å². The molecule has 0 aliphatic carbocycles. The normalized spacial score (nSPS) is 13.7. The first kappa shape index (κ1) is 33.2. The van der Waals surface area contributed by atoms with Crippen LogP contribution in [-0.2, 0) is 24.0 Å². The van der Waals surface area contributed by atoms with Gasteiger partial charge in [-0.25, -0.2) is 4.79 Å². The van der Waals surface area contributed by atoms with Gasteiger partial charge in [0.05, 0.1) is 17.4 Å². The van der Waals surface area contributed by atoms with E-state index in [4.69, 9.17) is 10.2 Å². The number of aliphatic hydroxyl groups is 1. The largest absolute Gasteiger partial charge is 0.481 e. The third-order valence-corrected chi connectivity index (χ3v) is 5.27. The highest BCUT2D eigenvalue weighted by Gasteiger charge is 2.33. The Hall–Kier alpha value is -4.80. The molecule has 0 bridgehead atoms. The van der Waals surface area contributed by atoms with Crippen LogP contribution in [0, 0.1) is 16.0 Å². The summed E-state index contributed by atoms with van der Waals surface area (Å²) < 4.78 is 0. The lowest BCUT2D eigenvalue weighted by molar-refractivity contribution is -0.384. The highest BCUT2D eigenvalue weighted by molar-refractivity contribution is 6.00. The highest BCUT2D eigenvalue weighted by atomic mass is 16.6. The van der Waals surface area contributed by atoms with Crippen LogP contribution in [-0.4, -0.2) is 91.8 Å². The average molecular weight is 570 g/mol. The molecular weight excluding hydrogens is 538 g/mol. The molecule has 0 fully saturated rings. The van der Waals surface area contributed by atoms with Gasteiger partial charge in [0.1, 0.15) is 24.3 Å². The maximum absolute atomic E-state index is 13.0. The molecule has 1 aromatic carbocycles. The van der Waals surface area contributed by atoms with Crippen LogP contribution < -0.4 is 21.3 Å². The zero-order valence-corrected chi connectivity index (χ0v) is 21.7. The molecule has 0 saturated heterocycles. The number of benzene rings is 1. The zero-order valence-electron chi connectivity index (χ0n) is 21.7. The lowest BCUT2D eigenvalue weighted by Gasteiger charge is -2.25. The number of nitrogens with one attached hydrogen (secondary N) is 4. The summed E-state index contributed by atoms with van der Waals surface area (Å²) in [5.41, 5.74) is -1.03. The molecule has 1 rings (SSSR count). The number of carboxylic acid groups (broad SMARTS) is 3. The molecule has 17 nitrogen and oxygen atoms in total. The van der Waals surface area contributed by atoms with Crippen LogP contribution in [0.1, 0.15) is 44.0 Å². The fourth-order valence-corrected chi connectivity index (χ4v) is 3.39. The van der Waals surface area contributed by atoms with Gasteiger partial charge < -0.3 is 41.7 Å². The van der Waals surface area contributed by atoms with Gasteiger partial charge in [0.2, 0.25) is 11.8 Å². The summed E-state index contributed by atoms with van der Waals surface area (Å²) in [4.78, 5) is 82.5. The Bertz CT molecular complexity index is 1150. The number of carbonyl (C=O) groups excluding carboxylic acids is 3. The van der Waals surface area contributed by atoms with Crippen LogP contribution in [0.5, 0.6) is 0 Å². The van der Waals surface area contributed by atoms with Crippen LogP contribution in [0.15, 0.2) is 18.2 Å². The van der Waals surface area contributed by atoms with E-state index in [0.29, 0.717) is 0 Å². The van der Waals surface area contributed by atoms with Crippen molar-refractivity contribution in [1.29, 1.82) is 0 Å². The van der Waals surface area contributed by atoms with E-state index in [1.165, 1.54) is 0 Å². The monoisotopic (exact) mass is 569 g/mol. The lowest BCUT2D eigenvalue weighted by atomic mass is 10.0. The third kappa shape index (κ3) is 10.5. The smallest absolute Gasteiger partial charge is 0.328 e. The first-order chi connectivity index (χ1) is 18.5. The number of hydrogen-bond acceptors (Lipinski definition) is 10. The van der Waals surface area contributed by atoms with Crippen molar-refractivity contribution in [1.82, 2.24) is 16.0 Å². The van der Waals surface area contributed by atoms with Crippen molar-refractivity contribution in [3.8, 4) is 0 Å². The van der Waals surface area contributed by atoms with E-state index < -0.39 is 83.4 Å². The number of rotatable bonds is 16. The van der Waals surface area contributed by atoms with E-state index in [-0.39, 0.29) is 23.6 Å². The molecule has 40 heavy (non-hydrogen) atoms. The van der Waals surface area contributed by atoms with Crippen LogP contribution in [0.25, 0.3) is 0 Å². The minimum absolute atomic E-state index is 0.00917. The van der Waals surface area contributed by atoms with Crippen molar-refractivity contribution >= 4 is 47.0 Å². The number of carbonyl (C=O) groups is 6. The molecule has 0 aromatic heterocycles. The topological polar surface area (TPSA) is 275 Å². The van der Waals surface area contributed by atoms with Gasteiger partial charge in [-0.3, -0.25) is 34.1 Å². The summed E-state index contributed by atoms with van der Waals surface area (Å²) in [5, 5.41) is 57.0. The van der Waals surface area contributed by atoms with E-state index >= 15 is 0 Å². The fourth-order valence-electron chi connectivity index (χ4n) is 3.39. The van der Waals surface area contributed by atoms with E-state index in [1.807, 2.05) is 5.32 Å². The van der Waals surface area contributed by atoms with Crippen LogP contribution >= 0.6 is 0 Å². The van der Waals surface area contributed by atoms with Gasteiger partial charge in [-0.15, -0.1) is 0 Å². The number of aliphatic carboxylic acids is 3. The maximum Gasteiger partial charge on any atom is 0.328 e. The average Bonchev–Trinajstić information content (AvgIpc) is 2.83. The van der Waals surface area contributed by atoms with E-state index in [0.717, 1.165) is 25.1 Å². The highest BCUT2D eigenvalue weighted by Crippen LogP contribution is 2.25. The lowest BCUT2D eigenvalue weighted by Crippen LogP contribution is -2.58. The second-order valence-electron chi connectivity index (χ2n) is 9.12. The van der Waals surface area contributed by atoms with Gasteiger partial charge in [0, 0.05) is 11.6 Å². The molecule has 4 atom stereocenters. The number of carboxylic acids is 3. The Kier molecular flexibility index (Phi) is 12.4. The molecule has 0 radical (unpaired) electrons. The number of amides is 3. The summed E-state index contributed by atoms with van der Waals surface area (Å²) >= 11 is 0. The first-order valence-corrected chi connectivity index (χ1v) is 11.8. The molecule has 17 heteroatoms.